The van der Waals surface area contributed by atoms with Crippen LogP contribution < -0.4 is 0 Å². The molecule has 0 N–H and O–H groups in total. The molecule has 0 spiro atoms. The maximum absolute atomic E-state index is 4.44. The summed E-state index contributed by atoms with van der Waals surface area (Å²) >= 11 is 0. The average Bonchev–Trinajstić information content (AvgIpc) is 2.47. The van der Waals surface area contributed by atoms with Crippen LogP contribution in [0.25, 0.3) is 5.65 Å². The zero-order valence-corrected chi connectivity index (χ0v) is 9.63. The molecule has 0 amide bonds. The van der Waals surface area contributed by atoms with Crippen molar-refractivity contribution in [1.82, 2.24) is 9.38 Å². The van der Waals surface area contributed by atoms with Crippen LogP contribution in [0.4, 0.5) is 0 Å². The van der Waals surface area contributed by atoms with Crippen molar-refractivity contribution in [3.05, 3.63) is 35.3 Å². The van der Waals surface area contributed by atoms with E-state index in [1.807, 2.05) is 32.9 Å². The fourth-order valence-corrected chi connectivity index (χ4v) is 1.54. The van der Waals surface area contributed by atoms with E-state index in [1.165, 1.54) is 11.4 Å². The van der Waals surface area contributed by atoms with Crippen molar-refractivity contribution >= 4 is 5.65 Å². The first-order valence-corrected chi connectivity index (χ1v) is 5.11. The molecule has 2 rings (SSSR count). The summed E-state index contributed by atoms with van der Waals surface area (Å²) in [5.41, 5.74) is 4.64. The van der Waals surface area contributed by atoms with Crippen LogP contribution >= 0.6 is 0 Å². The van der Waals surface area contributed by atoms with Gasteiger partial charge in [-0.1, -0.05) is 19.9 Å². The van der Waals surface area contributed by atoms with Gasteiger partial charge in [0.1, 0.15) is 5.65 Å². The third-order valence-electron chi connectivity index (χ3n) is 2.31. The Labute approximate surface area is 85.6 Å². The molecule has 0 atom stereocenters. The highest BCUT2D eigenvalue weighted by Crippen LogP contribution is 2.12. The highest BCUT2D eigenvalue weighted by atomic mass is 15.0. The van der Waals surface area contributed by atoms with E-state index in [1.54, 1.807) is 0 Å². The third kappa shape index (κ3) is 1.65. The molecule has 0 aliphatic carbocycles. The number of rotatable bonds is 0. The molecule has 14 heavy (non-hydrogen) atoms. The van der Waals surface area contributed by atoms with Gasteiger partial charge in [0.05, 0.1) is 5.69 Å². The molecule has 0 saturated carbocycles. The van der Waals surface area contributed by atoms with Gasteiger partial charge >= 0.3 is 0 Å². The number of imidazole rings is 1. The lowest BCUT2D eigenvalue weighted by Gasteiger charge is -2.00. The average molecular weight is 190 g/mol. The monoisotopic (exact) mass is 190 g/mol. The number of fused-ring (bicyclic) bond motifs is 1. The van der Waals surface area contributed by atoms with Crippen LogP contribution in [0.1, 0.15) is 30.9 Å². The van der Waals surface area contributed by atoms with E-state index < -0.39 is 0 Å². The molecule has 2 aromatic heterocycles. The van der Waals surface area contributed by atoms with Crippen molar-refractivity contribution in [2.24, 2.45) is 0 Å². The van der Waals surface area contributed by atoms with Crippen molar-refractivity contribution in [2.75, 3.05) is 0 Å². The van der Waals surface area contributed by atoms with Gasteiger partial charge in [-0.2, -0.15) is 0 Å². The fourth-order valence-electron chi connectivity index (χ4n) is 1.54. The standard InChI is InChI=1S/C10H12N2.C2H6/c1-7-5-4-6-10-11-8(2)9(3)12(7)10;1-2/h4-6H,1-3H3;1-2H3. The molecule has 0 aliphatic rings. The molecule has 2 heteroatoms. The van der Waals surface area contributed by atoms with Gasteiger partial charge < -0.3 is 4.40 Å². The smallest absolute Gasteiger partial charge is 0.137 e. The number of aryl methyl sites for hydroxylation is 3. The Bertz CT molecular complexity index is 427. The lowest BCUT2D eigenvalue weighted by atomic mass is 10.3. The van der Waals surface area contributed by atoms with E-state index in [4.69, 9.17) is 0 Å². The van der Waals surface area contributed by atoms with Gasteiger partial charge in [-0.3, -0.25) is 0 Å². The van der Waals surface area contributed by atoms with Crippen LogP contribution in [-0.2, 0) is 0 Å². The zero-order chi connectivity index (χ0) is 10.7. The van der Waals surface area contributed by atoms with Crippen LogP contribution in [0, 0.1) is 20.8 Å². The highest BCUT2D eigenvalue weighted by Gasteiger charge is 2.03. The van der Waals surface area contributed by atoms with E-state index in [9.17, 15) is 0 Å². The molecule has 0 aliphatic heterocycles. The van der Waals surface area contributed by atoms with Crippen LogP contribution in [0.15, 0.2) is 18.2 Å². The van der Waals surface area contributed by atoms with Crippen LogP contribution in [0.3, 0.4) is 0 Å². The van der Waals surface area contributed by atoms with Crippen LogP contribution in [0.5, 0.6) is 0 Å². The molecule has 0 radical (unpaired) electrons. The summed E-state index contributed by atoms with van der Waals surface area (Å²) in [4.78, 5) is 4.44. The molecule has 76 valence electrons. The van der Waals surface area contributed by atoms with E-state index in [2.05, 4.69) is 29.3 Å². The summed E-state index contributed by atoms with van der Waals surface area (Å²) in [6, 6.07) is 6.17. The normalized spacial score (nSPS) is 9.79. The van der Waals surface area contributed by atoms with Gasteiger partial charge in [-0.25, -0.2) is 4.98 Å². The van der Waals surface area contributed by atoms with Gasteiger partial charge in [0.15, 0.2) is 0 Å². The first-order valence-electron chi connectivity index (χ1n) is 5.11. The summed E-state index contributed by atoms with van der Waals surface area (Å²) in [6.07, 6.45) is 0. The molecule has 2 nitrogen and oxygen atoms in total. The molecule has 2 heterocycles. The quantitative estimate of drug-likeness (QED) is 0.623. The predicted molar refractivity (Wildman–Crippen MR) is 60.8 cm³/mol. The minimum absolute atomic E-state index is 1.05. The summed E-state index contributed by atoms with van der Waals surface area (Å²) in [5, 5.41) is 0. The Balaban J connectivity index is 0.000000461. The second kappa shape index (κ2) is 4.27. The Morgan fingerprint density at radius 3 is 2.29 bits per heavy atom. The third-order valence-corrected chi connectivity index (χ3v) is 2.31. The van der Waals surface area contributed by atoms with Crippen LogP contribution in [-0.4, -0.2) is 9.38 Å². The summed E-state index contributed by atoms with van der Waals surface area (Å²) in [5.74, 6) is 0. The second-order valence-corrected chi connectivity index (χ2v) is 3.14. The van der Waals surface area contributed by atoms with E-state index in [0.29, 0.717) is 0 Å². The molecular weight excluding hydrogens is 172 g/mol. The molecular formula is C12H18N2. The van der Waals surface area contributed by atoms with Crippen molar-refractivity contribution in [3.8, 4) is 0 Å². The Hall–Kier alpha value is -1.31. The van der Waals surface area contributed by atoms with Gasteiger partial charge in [0.25, 0.3) is 0 Å². The molecule has 0 fully saturated rings. The second-order valence-electron chi connectivity index (χ2n) is 3.14. The van der Waals surface area contributed by atoms with Gasteiger partial charge in [0, 0.05) is 11.4 Å². The lowest BCUT2D eigenvalue weighted by Crippen LogP contribution is -1.92. The fraction of sp³-hybridized carbons (Fsp3) is 0.417. The topological polar surface area (TPSA) is 17.3 Å². The minimum atomic E-state index is 1.05. The van der Waals surface area contributed by atoms with Gasteiger partial charge in [-0.05, 0) is 32.9 Å². The Morgan fingerprint density at radius 2 is 1.71 bits per heavy atom. The van der Waals surface area contributed by atoms with E-state index >= 15 is 0 Å². The molecule has 0 aromatic carbocycles. The maximum atomic E-state index is 4.44. The van der Waals surface area contributed by atoms with Crippen molar-refractivity contribution in [2.45, 2.75) is 34.6 Å². The number of nitrogens with zero attached hydrogens (tertiary/aromatic N) is 2. The van der Waals surface area contributed by atoms with Crippen molar-refractivity contribution in [3.63, 3.8) is 0 Å². The number of aromatic nitrogens is 2. The summed E-state index contributed by atoms with van der Waals surface area (Å²) < 4.78 is 2.18. The van der Waals surface area contributed by atoms with Crippen molar-refractivity contribution in [1.29, 1.82) is 0 Å². The lowest BCUT2D eigenvalue weighted by molar-refractivity contribution is 1.03. The molecule has 0 bridgehead atoms. The van der Waals surface area contributed by atoms with Gasteiger partial charge in [0.2, 0.25) is 0 Å². The Kier molecular flexibility index (Phi) is 3.28. The predicted octanol–water partition coefficient (Wildman–Crippen LogP) is 3.29. The molecule has 0 unspecified atom stereocenters. The zero-order valence-electron chi connectivity index (χ0n) is 9.63. The number of hydrogen-bond donors (Lipinski definition) is 0. The van der Waals surface area contributed by atoms with Gasteiger partial charge in [-0.15, -0.1) is 0 Å². The van der Waals surface area contributed by atoms with E-state index in [0.717, 1.165) is 11.3 Å². The van der Waals surface area contributed by atoms with Crippen molar-refractivity contribution < 1.29 is 0 Å². The number of hydrogen-bond acceptors (Lipinski definition) is 1. The first-order chi connectivity index (χ1) is 6.70. The Morgan fingerprint density at radius 1 is 1.07 bits per heavy atom. The first kappa shape index (κ1) is 10.8. The maximum Gasteiger partial charge on any atom is 0.137 e. The SMILES string of the molecule is CC.Cc1nc2cccc(C)n2c1C. The minimum Gasteiger partial charge on any atom is -0.301 e. The molecule has 0 saturated heterocycles. The summed E-state index contributed by atoms with van der Waals surface area (Å²) in [6.45, 7) is 10.2. The van der Waals surface area contributed by atoms with E-state index in [-0.39, 0.29) is 0 Å². The highest BCUT2D eigenvalue weighted by molar-refractivity contribution is 5.44. The van der Waals surface area contributed by atoms with Crippen LogP contribution in [0.2, 0.25) is 0 Å². The largest absolute Gasteiger partial charge is 0.301 e. The molecule has 2 aromatic rings. The number of pyridine rings is 1. The summed E-state index contributed by atoms with van der Waals surface area (Å²) in [7, 11) is 0.